The lowest BCUT2D eigenvalue weighted by Crippen LogP contribution is -2.36. The van der Waals surface area contributed by atoms with Crippen LogP contribution < -0.4 is 5.32 Å². The van der Waals surface area contributed by atoms with Gasteiger partial charge in [0.15, 0.2) is 0 Å². The zero-order valence-electron chi connectivity index (χ0n) is 16.1. The topological polar surface area (TPSA) is 52.6 Å². The summed E-state index contributed by atoms with van der Waals surface area (Å²) in [6.07, 6.45) is 2.26. The third kappa shape index (κ3) is 3.86. The van der Waals surface area contributed by atoms with Crippen molar-refractivity contribution in [2.24, 2.45) is 11.8 Å². The number of benzene rings is 2. The van der Waals surface area contributed by atoms with E-state index in [0.29, 0.717) is 18.3 Å². The number of nitrogens with zero attached hydrogens (tertiary/aromatic N) is 1. The highest BCUT2D eigenvalue weighted by molar-refractivity contribution is 5.90. The molecule has 2 aromatic carbocycles. The van der Waals surface area contributed by atoms with Crippen molar-refractivity contribution in [3.8, 4) is 0 Å². The maximum Gasteiger partial charge on any atom is 0.321 e. The van der Waals surface area contributed by atoms with Crippen molar-refractivity contribution < 1.29 is 9.90 Å². The molecule has 0 bridgehead atoms. The molecule has 2 N–H and O–H groups in total. The number of nitrogens with one attached hydrogen (secondary N) is 1. The molecule has 1 aliphatic heterocycles. The smallest absolute Gasteiger partial charge is 0.321 e. The first-order chi connectivity index (χ1) is 12.9. The first-order valence-electron chi connectivity index (χ1n) is 9.81. The molecule has 1 aliphatic carbocycles. The Kier molecular flexibility index (Phi) is 4.68. The van der Waals surface area contributed by atoms with E-state index in [1.54, 1.807) is 0 Å². The van der Waals surface area contributed by atoms with E-state index in [1.165, 1.54) is 11.1 Å². The molecule has 4 rings (SSSR count). The fourth-order valence-corrected chi connectivity index (χ4v) is 4.89. The van der Waals surface area contributed by atoms with Crippen molar-refractivity contribution >= 4 is 11.7 Å². The van der Waals surface area contributed by atoms with Gasteiger partial charge in [-0.3, -0.25) is 0 Å². The Labute approximate surface area is 161 Å². The van der Waals surface area contributed by atoms with Gasteiger partial charge in [0.25, 0.3) is 0 Å². The number of aryl methyl sites for hydroxylation is 2. The summed E-state index contributed by atoms with van der Waals surface area (Å²) in [5, 5.41) is 14.1. The summed E-state index contributed by atoms with van der Waals surface area (Å²) in [6, 6.07) is 16.2. The molecule has 27 heavy (non-hydrogen) atoms. The molecule has 1 saturated heterocycles. The second kappa shape index (κ2) is 7.01. The minimum atomic E-state index is -0.632. The molecule has 2 amide bonds. The summed E-state index contributed by atoms with van der Waals surface area (Å²) in [7, 11) is 0. The standard InChI is InChI=1S/C23H28N2O2/c1-16-8-9-21(17(2)10-16)24-22(26)25-14-19-12-23(27,13-20(19)15-25)11-18-6-4-3-5-7-18/h3-10,19-20,27H,11-15H2,1-2H3,(H,24,26)/t19-,20+,23-. The third-order valence-corrected chi connectivity index (χ3v) is 6.15. The van der Waals surface area contributed by atoms with E-state index < -0.39 is 5.60 Å². The van der Waals surface area contributed by atoms with Gasteiger partial charge in [-0.05, 0) is 55.7 Å². The van der Waals surface area contributed by atoms with E-state index >= 15 is 0 Å². The van der Waals surface area contributed by atoms with E-state index in [2.05, 4.69) is 30.4 Å². The summed E-state index contributed by atoms with van der Waals surface area (Å²) in [5.74, 6) is 0.784. The number of urea groups is 1. The molecule has 1 saturated carbocycles. The molecule has 4 heteroatoms. The number of anilines is 1. The number of aliphatic hydroxyl groups is 1. The van der Waals surface area contributed by atoms with Crippen LogP contribution in [-0.4, -0.2) is 34.7 Å². The van der Waals surface area contributed by atoms with Gasteiger partial charge >= 0.3 is 6.03 Å². The second-order valence-corrected chi connectivity index (χ2v) is 8.47. The lowest BCUT2D eigenvalue weighted by atomic mass is 9.91. The van der Waals surface area contributed by atoms with Crippen molar-refractivity contribution in [1.82, 2.24) is 4.90 Å². The number of amides is 2. The largest absolute Gasteiger partial charge is 0.390 e. The molecular weight excluding hydrogens is 336 g/mol. The van der Waals surface area contributed by atoms with E-state index in [4.69, 9.17) is 0 Å². The van der Waals surface area contributed by atoms with Crippen LogP contribution in [0.3, 0.4) is 0 Å². The number of carbonyl (C=O) groups excluding carboxylic acids is 1. The monoisotopic (exact) mass is 364 g/mol. The van der Waals surface area contributed by atoms with Gasteiger partial charge in [0.2, 0.25) is 0 Å². The molecule has 1 heterocycles. The number of hydrogen-bond acceptors (Lipinski definition) is 2. The van der Waals surface area contributed by atoms with Gasteiger partial charge in [-0.25, -0.2) is 4.79 Å². The van der Waals surface area contributed by atoms with Crippen LogP contribution >= 0.6 is 0 Å². The van der Waals surface area contributed by atoms with Gasteiger partial charge in [0.1, 0.15) is 0 Å². The van der Waals surface area contributed by atoms with Crippen molar-refractivity contribution in [2.75, 3.05) is 18.4 Å². The average molecular weight is 364 g/mol. The molecule has 0 aromatic heterocycles. The molecule has 0 unspecified atom stereocenters. The van der Waals surface area contributed by atoms with Gasteiger partial charge in [-0.2, -0.15) is 0 Å². The maximum atomic E-state index is 12.7. The third-order valence-electron chi connectivity index (χ3n) is 6.15. The lowest BCUT2D eigenvalue weighted by molar-refractivity contribution is 0.0369. The predicted molar refractivity (Wildman–Crippen MR) is 108 cm³/mol. The molecule has 0 spiro atoms. The van der Waals surface area contributed by atoms with E-state index in [9.17, 15) is 9.90 Å². The van der Waals surface area contributed by atoms with Crippen LogP contribution in [0.5, 0.6) is 0 Å². The van der Waals surface area contributed by atoms with Crippen LogP contribution in [0.15, 0.2) is 48.5 Å². The number of carbonyl (C=O) groups is 1. The van der Waals surface area contributed by atoms with E-state index in [1.807, 2.05) is 42.2 Å². The Bertz CT molecular complexity index is 820. The lowest BCUT2D eigenvalue weighted by Gasteiger charge is -2.26. The number of fused-ring (bicyclic) bond motifs is 1. The molecule has 4 nitrogen and oxygen atoms in total. The van der Waals surface area contributed by atoms with Gasteiger partial charge in [-0.15, -0.1) is 0 Å². The van der Waals surface area contributed by atoms with Gasteiger partial charge in [0, 0.05) is 25.2 Å². The quantitative estimate of drug-likeness (QED) is 0.860. The average Bonchev–Trinajstić information content (AvgIpc) is 3.13. The number of rotatable bonds is 3. The zero-order valence-corrected chi connectivity index (χ0v) is 16.1. The fourth-order valence-electron chi connectivity index (χ4n) is 4.89. The highest BCUT2D eigenvalue weighted by Gasteiger charge is 2.49. The molecule has 2 fully saturated rings. The SMILES string of the molecule is Cc1ccc(NC(=O)N2C[C@@H]3C[C@@](O)(Cc4ccccc4)C[C@@H]3C2)c(C)c1. The molecule has 2 aromatic rings. The molecular formula is C23H28N2O2. The van der Waals surface area contributed by atoms with Crippen molar-refractivity contribution in [3.63, 3.8) is 0 Å². The number of likely N-dealkylation sites (tertiary alicyclic amines) is 1. The maximum absolute atomic E-state index is 12.7. The first-order valence-corrected chi connectivity index (χ1v) is 9.81. The van der Waals surface area contributed by atoms with Gasteiger partial charge < -0.3 is 15.3 Å². The Morgan fingerprint density at radius 3 is 2.41 bits per heavy atom. The van der Waals surface area contributed by atoms with Crippen molar-refractivity contribution in [2.45, 2.75) is 38.7 Å². The van der Waals surface area contributed by atoms with Crippen LogP contribution in [0, 0.1) is 25.7 Å². The van der Waals surface area contributed by atoms with Crippen molar-refractivity contribution in [1.29, 1.82) is 0 Å². The van der Waals surface area contributed by atoms with Crippen LogP contribution in [0.4, 0.5) is 10.5 Å². The van der Waals surface area contributed by atoms with Crippen LogP contribution in [-0.2, 0) is 6.42 Å². The first kappa shape index (κ1) is 18.1. The summed E-state index contributed by atoms with van der Waals surface area (Å²) in [4.78, 5) is 14.6. The van der Waals surface area contributed by atoms with Gasteiger partial charge in [0.05, 0.1) is 5.60 Å². The molecule has 0 radical (unpaired) electrons. The normalized spacial score (nSPS) is 26.9. The van der Waals surface area contributed by atoms with Gasteiger partial charge in [-0.1, -0.05) is 48.0 Å². The summed E-state index contributed by atoms with van der Waals surface area (Å²) in [5.41, 5.74) is 3.71. The van der Waals surface area contributed by atoms with E-state index in [-0.39, 0.29) is 6.03 Å². The minimum absolute atomic E-state index is 0.0250. The van der Waals surface area contributed by atoms with Crippen LogP contribution in [0.25, 0.3) is 0 Å². The van der Waals surface area contributed by atoms with Crippen molar-refractivity contribution in [3.05, 3.63) is 65.2 Å². The number of hydrogen-bond donors (Lipinski definition) is 2. The molecule has 3 atom stereocenters. The Morgan fingerprint density at radius 1 is 1.11 bits per heavy atom. The predicted octanol–water partition coefficient (Wildman–Crippen LogP) is 4.15. The Morgan fingerprint density at radius 2 is 1.78 bits per heavy atom. The second-order valence-electron chi connectivity index (χ2n) is 8.47. The van der Waals surface area contributed by atoms with E-state index in [0.717, 1.165) is 37.2 Å². The fraction of sp³-hybridized carbons (Fsp3) is 0.435. The highest BCUT2D eigenvalue weighted by atomic mass is 16.3. The summed E-state index contributed by atoms with van der Waals surface area (Å²) >= 11 is 0. The zero-order chi connectivity index (χ0) is 19.0. The minimum Gasteiger partial charge on any atom is -0.390 e. The Balaban J connectivity index is 1.36. The molecule has 142 valence electrons. The van der Waals surface area contributed by atoms with Crippen LogP contribution in [0.1, 0.15) is 29.5 Å². The highest BCUT2D eigenvalue weighted by Crippen LogP contribution is 2.45. The summed E-state index contributed by atoms with van der Waals surface area (Å²) < 4.78 is 0. The van der Waals surface area contributed by atoms with Crippen LogP contribution in [0.2, 0.25) is 0 Å². The summed E-state index contributed by atoms with van der Waals surface area (Å²) in [6.45, 7) is 5.54. The Hall–Kier alpha value is -2.33. The molecule has 2 aliphatic rings.